The number of nitrogens with zero attached hydrogens (tertiary/aromatic N) is 2. The third-order valence-corrected chi connectivity index (χ3v) is 17.3. The molecular weight excluding hydrogens is 741 g/mol. The van der Waals surface area contributed by atoms with Gasteiger partial charge >= 0.3 is 0 Å². The van der Waals surface area contributed by atoms with Crippen LogP contribution < -0.4 is 20.2 Å². The minimum Gasteiger partial charge on any atom is -0.310 e. The first-order chi connectivity index (χ1) is 29.3. The minimum atomic E-state index is -1.90. The maximum Gasteiger partial charge on any atom is 0.113 e. The highest BCUT2D eigenvalue weighted by Crippen LogP contribution is 2.52. The summed E-state index contributed by atoms with van der Waals surface area (Å²) in [5.74, 6) is 0. The first-order valence-electron chi connectivity index (χ1n) is 21.2. The predicted molar refractivity (Wildman–Crippen MR) is 259 cm³/mol. The number of hydrogen-bond acceptors (Lipinski definition) is 2. The standard InChI is InChI=1S/C57H44N2Si/c1-57(2)49-21-13-11-19-43(49)44-31-27-41(35-50(44)57)58(39-15-7-5-8-16-39)51-33-25-37-24-30-48-52(34-26-38-23-29-47(51)55(37)56(38)48)59(40-17-9-6-10-18-40)42-28-32-46-45-20-12-14-22-53(45)60(3,4)54(46)36-42/h5-36H,1-4H3. The summed E-state index contributed by atoms with van der Waals surface area (Å²) in [5, 5.41) is 10.6. The van der Waals surface area contributed by atoms with Crippen LogP contribution in [0.4, 0.5) is 34.1 Å². The highest BCUT2D eigenvalue weighted by Gasteiger charge is 2.38. The van der Waals surface area contributed by atoms with Crippen molar-refractivity contribution in [1.29, 1.82) is 0 Å². The Hall–Kier alpha value is -6.94. The van der Waals surface area contributed by atoms with Crippen molar-refractivity contribution in [2.45, 2.75) is 32.4 Å². The lowest BCUT2D eigenvalue weighted by atomic mass is 9.82. The molecule has 0 saturated heterocycles. The Balaban J connectivity index is 1.07. The molecule has 0 spiro atoms. The second-order valence-corrected chi connectivity index (χ2v) is 22.1. The van der Waals surface area contributed by atoms with Gasteiger partial charge in [0.25, 0.3) is 0 Å². The van der Waals surface area contributed by atoms with Crippen LogP contribution in [-0.4, -0.2) is 8.07 Å². The molecule has 0 N–H and O–H groups in total. The van der Waals surface area contributed by atoms with E-state index in [4.69, 9.17) is 0 Å². The third kappa shape index (κ3) is 4.93. The van der Waals surface area contributed by atoms with Gasteiger partial charge in [-0.05, 0) is 126 Å². The molecular formula is C57H44N2Si. The Bertz CT molecular complexity index is 3100. The number of para-hydroxylation sites is 2. The molecule has 2 aliphatic rings. The van der Waals surface area contributed by atoms with Crippen molar-refractivity contribution in [2.75, 3.05) is 9.80 Å². The van der Waals surface area contributed by atoms with Crippen molar-refractivity contribution in [1.82, 2.24) is 0 Å². The molecule has 286 valence electrons. The Morgan fingerprint density at radius 3 is 1.45 bits per heavy atom. The molecule has 1 aliphatic heterocycles. The SMILES string of the molecule is CC1(C)c2ccccc2-c2ccc(N(c3ccccc3)c3ccc4ccc5c(N(c6ccccc6)c6ccc7c(c6)[Si](C)(C)c6ccccc6-7)ccc6ccc3c4c65)cc21. The topological polar surface area (TPSA) is 6.48 Å². The van der Waals surface area contributed by atoms with E-state index in [2.05, 4.69) is 231 Å². The monoisotopic (exact) mass is 784 g/mol. The van der Waals surface area contributed by atoms with Crippen LogP contribution >= 0.6 is 0 Å². The van der Waals surface area contributed by atoms with Crippen LogP contribution in [0.25, 0.3) is 54.6 Å². The summed E-state index contributed by atoms with van der Waals surface area (Å²) in [6.45, 7) is 9.74. The average Bonchev–Trinajstić information content (AvgIpc) is 3.66. The second kappa shape index (κ2) is 12.8. The summed E-state index contributed by atoms with van der Waals surface area (Å²) < 4.78 is 0. The van der Waals surface area contributed by atoms with E-state index in [1.54, 1.807) is 0 Å². The summed E-state index contributed by atoms with van der Waals surface area (Å²) in [7, 11) is -1.90. The van der Waals surface area contributed by atoms with Gasteiger partial charge in [0.1, 0.15) is 8.07 Å². The van der Waals surface area contributed by atoms with Crippen LogP contribution in [0, 0.1) is 0 Å². The predicted octanol–water partition coefficient (Wildman–Crippen LogP) is 14.6. The van der Waals surface area contributed by atoms with Crippen LogP contribution in [0.15, 0.2) is 194 Å². The minimum absolute atomic E-state index is 0.102. The summed E-state index contributed by atoms with van der Waals surface area (Å²) in [6.07, 6.45) is 0. The molecule has 2 nitrogen and oxygen atoms in total. The van der Waals surface area contributed by atoms with E-state index in [0.29, 0.717) is 0 Å². The molecule has 10 aromatic carbocycles. The number of hydrogen-bond donors (Lipinski definition) is 0. The fraction of sp³-hybridized carbons (Fsp3) is 0.0877. The van der Waals surface area contributed by atoms with Crippen molar-refractivity contribution in [2.24, 2.45) is 0 Å². The molecule has 0 aromatic heterocycles. The fourth-order valence-electron chi connectivity index (χ4n) is 10.8. The maximum atomic E-state index is 2.50. The Labute approximate surface area is 353 Å². The van der Waals surface area contributed by atoms with Crippen LogP contribution in [0.2, 0.25) is 13.1 Å². The zero-order valence-electron chi connectivity index (χ0n) is 34.4. The largest absolute Gasteiger partial charge is 0.310 e. The zero-order chi connectivity index (χ0) is 40.3. The van der Waals surface area contributed by atoms with Crippen LogP contribution in [0.1, 0.15) is 25.0 Å². The number of fused-ring (bicyclic) bond motifs is 6. The van der Waals surface area contributed by atoms with Gasteiger partial charge in [-0.1, -0.05) is 160 Å². The molecule has 1 aliphatic carbocycles. The number of rotatable bonds is 6. The van der Waals surface area contributed by atoms with Gasteiger partial charge < -0.3 is 9.80 Å². The molecule has 60 heavy (non-hydrogen) atoms. The van der Waals surface area contributed by atoms with Gasteiger partial charge in [-0.2, -0.15) is 0 Å². The molecule has 12 rings (SSSR count). The molecule has 0 atom stereocenters. The molecule has 0 radical (unpaired) electrons. The highest BCUT2D eigenvalue weighted by molar-refractivity contribution is 7.03. The van der Waals surface area contributed by atoms with E-state index in [-0.39, 0.29) is 5.41 Å². The van der Waals surface area contributed by atoms with Crippen molar-refractivity contribution >= 4 is 84.9 Å². The summed E-state index contributed by atoms with van der Waals surface area (Å²) in [4.78, 5) is 4.96. The van der Waals surface area contributed by atoms with E-state index in [1.165, 1.54) is 93.1 Å². The summed E-state index contributed by atoms with van der Waals surface area (Å²) >= 11 is 0. The Morgan fingerprint density at radius 1 is 0.367 bits per heavy atom. The lowest BCUT2D eigenvalue weighted by Gasteiger charge is -2.30. The van der Waals surface area contributed by atoms with Gasteiger partial charge in [0.2, 0.25) is 0 Å². The summed E-state index contributed by atoms with van der Waals surface area (Å²) in [5.41, 5.74) is 15.1. The number of anilines is 6. The molecule has 0 unspecified atom stereocenters. The van der Waals surface area contributed by atoms with Crippen molar-refractivity contribution in [3.05, 3.63) is 205 Å². The van der Waals surface area contributed by atoms with E-state index < -0.39 is 8.07 Å². The van der Waals surface area contributed by atoms with E-state index >= 15 is 0 Å². The molecule has 1 heterocycles. The van der Waals surface area contributed by atoms with Crippen molar-refractivity contribution < 1.29 is 0 Å². The Kier molecular flexibility index (Phi) is 7.46. The van der Waals surface area contributed by atoms with Crippen molar-refractivity contribution in [3.8, 4) is 22.3 Å². The van der Waals surface area contributed by atoms with Gasteiger partial charge in [0.05, 0.1) is 11.4 Å². The molecule has 0 saturated carbocycles. The van der Waals surface area contributed by atoms with Gasteiger partial charge in [-0.3, -0.25) is 0 Å². The van der Waals surface area contributed by atoms with Crippen LogP contribution in [0.5, 0.6) is 0 Å². The highest BCUT2D eigenvalue weighted by atomic mass is 28.3. The van der Waals surface area contributed by atoms with E-state index in [0.717, 1.165) is 17.1 Å². The number of benzene rings is 10. The fourth-order valence-corrected chi connectivity index (χ4v) is 13.9. The first kappa shape index (κ1) is 35.0. The maximum absolute atomic E-state index is 2.50. The van der Waals surface area contributed by atoms with Gasteiger partial charge in [-0.15, -0.1) is 0 Å². The Morgan fingerprint density at radius 2 is 0.833 bits per heavy atom. The molecule has 0 fully saturated rings. The second-order valence-electron chi connectivity index (χ2n) is 17.7. The molecule has 0 amide bonds. The summed E-state index contributed by atoms with van der Waals surface area (Å²) in [6, 6.07) is 72.7. The lowest BCUT2D eigenvalue weighted by Crippen LogP contribution is -2.49. The van der Waals surface area contributed by atoms with E-state index in [1.807, 2.05) is 0 Å². The zero-order valence-corrected chi connectivity index (χ0v) is 35.4. The van der Waals surface area contributed by atoms with Gasteiger partial charge in [-0.25, -0.2) is 0 Å². The third-order valence-electron chi connectivity index (χ3n) is 13.8. The van der Waals surface area contributed by atoms with Gasteiger partial charge in [0.15, 0.2) is 0 Å². The normalized spacial score (nSPS) is 14.3. The molecule has 10 aromatic rings. The quantitative estimate of drug-likeness (QED) is 0.122. The smallest absolute Gasteiger partial charge is 0.113 e. The average molecular weight is 785 g/mol. The van der Waals surface area contributed by atoms with E-state index in [9.17, 15) is 0 Å². The molecule has 0 bridgehead atoms. The first-order valence-corrected chi connectivity index (χ1v) is 24.2. The van der Waals surface area contributed by atoms with Crippen LogP contribution in [-0.2, 0) is 5.41 Å². The molecule has 3 heteroatoms. The van der Waals surface area contributed by atoms with Crippen molar-refractivity contribution in [3.63, 3.8) is 0 Å². The lowest BCUT2D eigenvalue weighted by molar-refractivity contribution is 0.660. The van der Waals surface area contributed by atoms with Crippen LogP contribution in [0.3, 0.4) is 0 Å². The van der Waals surface area contributed by atoms with Gasteiger partial charge in [0, 0.05) is 38.9 Å².